The first kappa shape index (κ1) is 22.8. The number of hydrazine groups is 1. The van der Waals surface area contributed by atoms with E-state index in [4.69, 9.17) is 39.1 Å². The first-order chi connectivity index (χ1) is 14.4. The van der Waals surface area contributed by atoms with E-state index in [1.807, 2.05) is 13.0 Å². The molecule has 3 heterocycles. The molecule has 4 atom stereocenters. The summed E-state index contributed by atoms with van der Waals surface area (Å²) < 4.78 is 11.4. The van der Waals surface area contributed by atoms with Gasteiger partial charge in [0.05, 0.1) is 25.0 Å². The summed E-state index contributed by atoms with van der Waals surface area (Å²) in [7, 11) is 0. The molecule has 0 saturated carbocycles. The number of nitrogens with two attached hydrogens (primary N) is 2. The molecular weight excluding hydrogens is 446 g/mol. The number of pyridine rings is 1. The average Bonchev–Trinajstić information content (AvgIpc) is 3.16. The highest BCUT2D eigenvalue weighted by Crippen LogP contribution is 2.30. The van der Waals surface area contributed by atoms with Crippen molar-refractivity contribution in [3.05, 3.63) is 45.8 Å². The highest BCUT2D eigenvalue weighted by Gasteiger charge is 2.34. The molecule has 30 heavy (non-hydrogen) atoms. The molecule has 0 amide bonds. The molecule has 0 aromatic carbocycles. The Balaban J connectivity index is 1.68. The molecule has 8 nitrogen and oxygen atoms in total. The van der Waals surface area contributed by atoms with Crippen LogP contribution in [-0.4, -0.2) is 57.0 Å². The number of aromatic nitrogens is 2. The Labute approximate surface area is 188 Å². The van der Waals surface area contributed by atoms with Gasteiger partial charge in [-0.15, -0.1) is 17.8 Å². The number of halogens is 1. The predicted molar refractivity (Wildman–Crippen MR) is 118 cm³/mol. The molecule has 2 aromatic heterocycles. The zero-order valence-electron chi connectivity index (χ0n) is 16.1. The van der Waals surface area contributed by atoms with Crippen molar-refractivity contribution in [1.29, 1.82) is 0 Å². The number of thioether (sulfide) groups is 1. The van der Waals surface area contributed by atoms with Crippen LogP contribution in [0.1, 0.15) is 17.5 Å². The molecule has 160 valence electrons. The molecule has 0 bridgehead atoms. The lowest BCUT2D eigenvalue weighted by Crippen LogP contribution is -2.49. The third-order valence-electron chi connectivity index (χ3n) is 4.23. The van der Waals surface area contributed by atoms with E-state index < -0.39 is 11.5 Å². The van der Waals surface area contributed by atoms with E-state index >= 15 is 0 Å². The summed E-state index contributed by atoms with van der Waals surface area (Å²) >= 11 is 8.45. The predicted octanol–water partition coefficient (Wildman–Crippen LogP) is 1.89. The van der Waals surface area contributed by atoms with Crippen LogP contribution in [0.3, 0.4) is 0 Å². The van der Waals surface area contributed by atoms with Crippen molar-refractivity contribution < 1.29 is 14.6 Å². The van der Waals surface area contributed by atoms with E-state index in [-0.39, 0.29) is 18.8 Å². The van der Waals surface area contributed by atoms with Crippen LogP contribution in [0.2, 0.25) is 5.15 Å². The molecule has 1 aliphatic heterocycles. The molecule has 3 unspecified atom stereocenters. The summed E-state index contributed by atoms with van der Waals surface area (Å²) in [6, 6.07) is 1.81. The van der Waals surface area contributed by atoms with Gasteiger partial charge in [-0.2, -0.15) is 0 Å². The second-order valence-corrected chi connectivity index (χ2v) is 8.99. The highest BCUT2D eigenvalue weighted by atomic mass is 35.5. The fraction of sp³-hybridized carbons (Fsp3) is 0.368. The SMILES string of the molecule is C#Cc1cncc(SC(OC2COC2C)[C@@H](O)CN(N)/C=C(\N)c2nc(Cl)cs2)c1. The van der Waals surface area contributed by atoms with Crippen molar-refractivity contribution in [2.45, 2.75) is 35.6 Å². The van der Waals surface area contributed by atoms with Gasteiger partial charge in [0.15, 0.2) is 0 Å². The molecule has 1 saturated heterocycles. The smallest absolute Gasteiger partial charge is 0.142 e. The van der Waals surface area contributed by atoms with E-state index in [0.717, 1.165) is 4.90 Å². The quantitative estimate of drug-likeness (QED) is 0.167. The first-order valence-corrected chi connectivity index (χ1v) is 11.1. The van der Waals surface area contributed by atoms with E-state index in [1.54, 1.807) is 17.8 Å². The van der Waals surface area contributed by atoms with E-state index in [2.05, 4.69) is 15.9 Å². The maximum absolute atomic E-state index is 10.8. The van der Waals surface area contributed by atoms with Gasteiger partial charge >= 0.3 is 0 Å². The van der Waals surface area contributed by atoms with E-state index in [0.29, 0.717) is 28.0 Å². The Bertz CT molecular complexity index is 935. The molecule has 0 radical (unpaired) electrons. The minimum absolute atomic E-state index is 0.0466. The van der Waals surface area contributed by atoms with Gasteiger partial charge < -0.3 is 25.3 Å². The lowest BCUT2D eigenvalue weighted by Gasteiger charge is -2.38. The number of hydrogen-bond donors (Lipinski definition) is 3. The monoisotopic (exact) mass is 467 g/mol. The summed E-state index contributed by atoms with van der Waals surface area (Å²) in [4.78, 5) is 9.00. The van der Waals surface area contributed by atoms with Crippen molar-refractivity contribution in [3.63, 3.8) is 0 Å². The second kappa shape index (κ2) is 10.5. The minimum Gasteiger partial charge on any atom is -0.395 e. The third kappa shape index (κ3) is 6.09. The van der Waals surface area contributed by atoms with Crippen molar-refractivity contribution in [1.82, 2.24) is 15.0 Å². The average molecular weight is 468 g/mol. The van der Waals surface area contributed by atoms with Gasteiger partial charge in [-0.05, 0) is 13.0 Å². The maximum Gasteiger partial charge on any atom is 0.142 e. The van der Waals surface area contributed by atoms with Crippen LogP contribution in [-0.2, 0) is 9.47 Å². The molecule has 0 aliphatic carbocycles. The van der Waals surface area contributed by atoms with Crippen LogP contribution in [0, 0.1) is 12.3 Å². The molecular formula is C19H22ClN5O3S2. The fourth-order valence-electron chi connectivity index (χ4n) is 2.56. The Morgan fingerprint density at radius 3 is 3.03 bits per heavy atom. The molecule has 5 N–H and O–H groups in total. The van der Waals surface area contributed by atoms with E-state index in [1.165, 1.54) is 34.3 Å². The number of thiazole rings is 1. The van der Waals surface area contributed by atoms with Crippen LogP contribution in [0.5, 0.6) is 0 Å². The first-order valence-electron chi connectivity index (χ1n) is 8.99. The topological polar surface area (TPSA) is 120 Å². The number of terminal acetylenes is 1. The molecule has 0 spiro atoms. The Morgan fingerprint density at radius 1 is 1.63 bits per heavy atom. The fourth-order valence-corrected chi connectivity index (χ4v) is 4.45. The number of ether oxygens (including phenoxy) is 2. The van der Waals surface area contributed by atoms with E-state index in [9.17, 15) is 5.11 Å². The summed E-state index contributed by atoms with van der Waals surface area (Å²) in [5.74, 6) is 8.58. The molecule has 1 aliphatic rings. The Kier molecular flexibility index (Phi) is 7.96. The van der Waals surface area contributed by atoms with Gasteiger partial charge in [0.1, 0.15) is 27.8 Å². The van der Waals surface area contributed by atoms with Crippen LogP contribution in [0.15, 0.2) is 34.9 Å². The number of rotatable bonds is 9. The van der Waals surface area contributed by atoms with Crippen molar-refractivity contribution >= 4 is 40.4 Å². The highest BCUT2D eigenvalue weighted by molar-refractivity contribution is 7.99. The Morgan fingerprint density at radius 2 is 2.43 bits per heavy atom. The Hall–Kier alpha value is -1.84. The summed E-state index contributed by atoms with van der Waals surface area (Å²) in [6.07, 6.45) is 9.10. The number of nitrogens with zero attached hydrogens (tertiary/aromatic N) is 3. The summed E-state index contributed by atoms with van der Waals surface area (Å²) in [6.45, 7) is 2.46. The van der Waals surface area contributed by atoms with Gasteiger partial charge in [0.25, 0.3) is 0 Å². The number of hydrogen-bond acceptors (Lipinski definition) is 10. The van der Waals surface area contributed by atoms with Gasteiger partial charge in [0.2, 0.25) is 0 Å². The minimum atomic E-state index is -0.939. The van der Waals surface area contributed by atoms with Crippen molar-refractivity contribution in [2.75, 3.05) is 13.2 Å². The second-order valence-electron chi connectivity index (χ2n) is 6.58. The molecule has 1 fully saturated rings. The van der Waals surface area contributed by atoms with Gasteiger partial charge in [-0.1, -0.05) is 29.3 Å². The zero-order valence-corrected chi connectivity index (χ0v) is 18.5. The van der Waals surface area contributed by atoms with Crippen LogP contribution < -0.4 is 11.6 Å². The molecule has 2 aromatic rings. The van der Waals surface area contributed by atoms with Crippen LogP contribution in [0.25, 0.3) is 5.70 Å². The number of aliphatic hydroxyl groups is 1. The number of aliphatic hydroxyl groups excluding tert-OH is 1. The standard InChI is InChI=1S/C19H22ClN5O3S2/c1-3-12-4-13(6-23-5-12)30-19(28-16-9-27-11(16)2)15(26)8-25(22)7-14(21)18-24-17(20)10-29-18/h1,4-7,10-11,15-16,19,26H,8-9,21-22H2,2H3/b14-7-/t11?,15-,16?,19?/m0/s1. The van der Waals surface area contributed by atoms with Gasteiger partial charge in [-0.3, -0.25) is 4.98 Å². The normalized spacial score (nSPS) is 20.8. The van der Waals surface area contributed by atoms with Gasteiger partial charge in [0, 0.05) is 34.4 Å². The molecule has 3 rings (SSSR count). The van der Waals surface area contributed by atoms with Crippen molar-refractivity contribution in [2.24, 2.45) is 11.6 Å². The summed E-state index contributed by atoms with van der Waals surface area (Å²) in [5, 5.41) is 14.7. The lowest BCUT2D eigenvalue weighted by molar-refractivity contribution is -0.196. The van der Waals surface area contributed by atoms with Crippen LogP contribution >= 0.6 is 34.7 Å². The lowest BCUT2D eigenvalue weighted by atomic mass is 10.1. The van der Waals surface area contributed by atoms with Gasteiger partial charge in [-0.25, -0.2) is 10.8 Å². The summed E-state index contributed by atoms with van der Waals surface area (Å²) in [5.41, 5.74) is 6.39. The third-order valence-corrected chi connectivity index (χ3v) is 6.60. The van der Waals surface area contributed by atoms with Crippen molar-refractivity contribution in [3.8, 4) is 12.3 Å². The molecule has 11 heteroatoms. The van der Waals surface area contributed by atoms with Crippen LogP contribution in [0.4, 0.5) is 0 Å². The zero-order chi connectivity index (χ0) is 21.7. The largest absolute Gasteiger partial charge is 0.395 e. The maximum atomic E-state index is 10.8.